The van der Waals surface area contributed by atoms with Crippen LogP contribution in [-0.2, 0) is 16.7 Å². The highest BCUT2D eigenvalue weighted by molar-refractivity contribution is 6.09. The van der Waals surface area contributed by atoms with Gasteiger partial charge in [0.1, 0.15) is 0 Å². The van der Waals surface area contributed by atoms with Crippen LogP contribution in [0.1, 0.15) is 32.0 Å². The third-order valence-electron chi connectivity index (χ3n) is 6.78. The number of anilines is 2. The maximum atomic E-state index is 12.9. The number of carbonyl (C=O) groups is 1. The Morgan fingerprint density at radius 3 is 2.43 bits per heavy atom. The van der Waals surface area contributed by atoms with Gasteiger partial charge in [-0.05, 0) is 46.2 Å². The highest BCUT2D eigenvalue weighted by Crippen LogP contribution is 2.33. The Bertz CT molecular complexity index is 1390. The van der Waals surface area contributed by atoms with Gasteiger partial charge in [-0.1, -0.05) is 69.3 Å². The van der Waals surface area contributed by atoms with Crippen LogP contribution in [0.5, 0.6) is 0 Å². The maximum Gasteiger partial charge on any atom is 0.323 e. The van der Waals surface area contributed by atoms with E-state index >= 15 is 0 Å². The normalized spacial score (nSPS) is 14.5. The molecule has 0 atom stereocenters. The molecule has 6 heteroatoms. The summed E-state index contributed by atoms with van der Waals surface area (Å²) in [6.07, 6.45) is 1.94. The molecule has 1 aromatic heterocycles. The van der Waals surface area contributed by atoms with Gasteiger partial charge in [0.25, 0.3) is 0 Å². The van der Waals surface area contributed by atoms with Crippen molar-refractivity contribution in [1.82, 2.24) is 9.88 Å². The monoisotopic (exact) mass is 494 g/mol. The van der Waals surface area contributed by atoms with Crippen LogP contribution in [0.25, 0.3) is 21.9 Å². The lowest BCUT2D eigenvalue weighted by Gasteiger charge is -2.26. The second-order valence-electron chi connectivity index (χ2n) is 10.5. The summed E-state index contributed by atoms with van der Waals surface area (Å²) in [6.45, 7) is 10.8. The molecular weight excluding hydrogens is 460 g/mol. The Labute approximate surface area is 218 Å². The minimum Gasteiger partial charge on any atom is -0.379 e. The number of morpholine rings is 1. The Balaban J connectivity index is 1.34. The highest BCUT2D eigenvalue weighted by Gasteiger charge is 2.16. The zero-order valence-electron chi connectivity index (χ0n) is 21.8. The van der Waals surface area contributed by atoms with Crippen molar-refractivity contribution in [2.45, 2.75) is 32.7 Å². The number of fused-ring (bicyclic) bond motifs is 1. The van der Waals surface area contributed by atoms with Gasteiger partial charge in [0.05, 0.1) is 24.6 Å². The summed E-state index contributed by atoms with van der Waals surface area (Å²) >= 11 is 0. The number of nitrogens with one attached hydrogen (secondary N) is 2. The number of carbonyl (C=O) groups excluding carboxylic acids is 1. The second kappa shape index (κ2) is 10.7. The first-order chi connectivity index (χ1) is 17.9. The molecule has 0 bridgehead atoms. The van der Waals surface area contributed by atoms with Gasteiger partial charge in [0, 0.05) is 42.5 Å². The quantitative estimate of drug-likeness (QED) is 0.325. The van der Waals surface area contributed by atoms with E-state index in [4.69, 9.17) is 9.72 Å². The second-order valence-corrected chi connectivity index (χ2v) is 10.5. The van der Waals surface area contributed by atoms with Crippen molar-refractivity contribution in [2.75, 3.05) is 36.9 Å². The Morgan fingerprint density at radius 2 is 1.70 bits per heavy atom. The van der Waals surface area contributed by atoms with Gasteiger partial charge >= 0.3 is 6.03 Å². The van der Waals surface area contributed by atoms with Crippen LogP contribution < -0.4 is 10.6 Å². The summed E-state index contributed by atoms with van der Waals surface area (Å²) in [5.41, 5.74) is 5.91. The lowest BCUT2D eigenvalue weighted by atomic mass is 9.87. The molecular formula is C31H34N4O2. The minimum atomic E-state index is -0.266. The van der Waals surface area contributed by atoms with E-state index in [1.54, 1.807) is 0 Å². The average Bonchev–Trinajstić information content (AvgIpc) is 2.90. The van der Waals surface area contributed by atoms with Crippen molar-refractivity contribution < 1.29 is 9.53 Å². The van der Waals surface area contributed by atoms with E-state index in [-0.39, 0.29) is 11.4 Å². The third-order valence-corrected chi connectivity index (χ3v) is 6.78. The van der Waals surface area contributed by atoms with Gasteiger partial charge in [0.2, 0.25) is 0 Å². The first-order valence-electron chi connectivity index (χ1n) is 12.8. The van der Waals surface area contributed by atoms with E-state index in [1.807, 2.05) is 48.7 Å². The van der Waals surface area contributed by atoms with Gasteiger partial charge < -0.3 is 15.4 Å². The van der Waals surface area contributed by atoms with Gasteiger partial charge in [-0.25, -0.2) is 4.79 Å². The van der Waals surface area contributed by atoms with Crippen LogP contribution in [0, 0.1) is 0 Å². The fraction of sp³-hybridized carbons (Fsp3) is 0.290. The smallest absolute Gasteiger partial charge is 0.323 e. The van der Waals surface area contributed by atoms with Crippen molar-refractivity contribution in [3.05, 3.63) is 90.3 Å². The first kappa shape index (κ1) is 24.9. The van der Waals surface area contributed by atoms with Gasteiger partial charge in [-0.3, -0.25) is 9.88 Å². The number of benzene rings is 3. The number of hydrogen-bond donors (Lipinski definition) is 2. The number of ether oxygens (including phenoxy) is 1. The van der Waals surface area contributed by atoms with Crippen LogP contribution >= 0.6 is 0 Å². The summed E-state index contributed by atoms with van der Waals surface area (Å²) in [4.78, 5) is 20.0. The molecule has 0 spiro atoms. The zero-order chi connectivity index (χ0) is 25.8. The molecule has 2 heterocycles. The molecule has 3 aromatic carbocycles. The number of urea groups is 1. The topological polar surface area (TPSA) is 66.5 Å². The fourth-order valence-electron chi connectivity index (χ4n) is 4.67. The molecule has 2 amide bonds. The highest BCUT2D eigenvalue weighted by atomic mass is 16.5. The molecule has 5 rings (SSSR count). The molecule has 0 radical (unpaired) electrons. The summed E-state index contributed by atoms with van der Waals surface area (Å²) in [5.74, 6) is 0. The van der Waals surface area contributed by atoms with Crippen molar-refractivity contribution in [2.24, 2.45) is 0 Å². The molecule has 1 fully saturated rings. The van der Waals surface area contributed by atoms with Gasteiger partial charge in [-0.2, -0.15) is 0 Å². The van der Waals surface area contributed by atoms with E-state index in [2.05, 4.69) is 66.6 Å². The van der Waals surface area contributed by atoms with Crippen LogP contribution in [-0.4, -0.2) is 42.2 Å². The summed E-state index contributed by atoms with van der Waals surface area (Å²) in [7, 11) is 0. The van der Waals surface area contributed by atoms with E-state index in [0.29, 0.717) is 0 Å². The predicted octanol–water partition coefficient (Wildman–Crippen LogP) is 6.68. The van der Waals surface area contributed by atoms with Crippen molar-refractivity contribution in [3.8, 4) is 11.1 Å². The van der Waals surface area contributed by atoms with Crippen LogP contribution in [0.2, 0.25) is 0 Å². The molecule has 0 saturated carbocycles. The van der Waals surface area contributed by atoms with Crippen LogP contribution in [0.15, 0.2) is 79.0 Å². The molecule has 1 aliphatic heterocycles. The standard InChI is InChI=1S/C31H34N4O2/c1-31(2,3)23-7-6-8-24(19-23)33-30(36)34-29-14-13-26(27-9-4-5-10-28(27)29)22-11-12-25(32-20-22)21-35-15-17-37-18-16-35/h4-14,19-20H,15-18,21H2,1-3H3,(H2,33,34,36). The molecule has 37 heavy (non-hydrogen) atoms. The predicted molar refractivity (Wildman–Crippen MR) is 151 cm³/mol. The number of pyridine rings is 1. The maximum absolute atomic E-state index is 12.9. The number of hydrogen-bond acceptors (Lipinski definition) is 4. The molecule has 190 valence electrons. The first-order valence-corrected chi connectivity index (χ1v) is 12.8. The number of nitrogens with zero attached hydrogens (tertiary/aromatic N) is 2. The number of aromatic nitrogens is 1. The average molecular weight is 495 g/mol. The van der Waals surface area contributed by atoms with Crippen LogP contribution in [0.3, 0.4) is 0 Å². The fourth-order valence-corrected chi connectivity index (χ4v) is 4.67. The molecule has 0 aliphatic carbocycles. The van der Waals surface area contributed by atoms with Crippen molar-refractivity contribution >= 4 is 28.2 Å². The van der Waals surface area contributed by atoms with Crippen molar-refractivity contribution in [3.63, 3.8) is 0 Å². The Hall–Kier alpha value is -3.74. The molecule has 6 nitrogen and oxygen atoms in total. The zero-order valence-corrected chi connectivity index (χ0v) is 21.8. The van der Waals surface area contributed by atoms with E-state index < -0.39 is 0 Å². The summed E-state index contributed by atoms with van der Waals surface area (Å²) in [5, 5.41) is 8.07. The molecule has 0 unspecified atom stereocenters. The van der Waals surface area contributed by atoms with Crippen LogP contribution in [0.4, 0.5) is 16.2 Å². The lowest BCUT2D eigenvalue weighted by molar-refractivity contribution is 0.0336. The van der Waals surface area contributed by atoms with E-state index in [9.17, 15) is 4.79 Å². The summed E-state index contributed by atoms with van der Waals surface area (Å²) < 4.78 is 5.44. The molecule has 2 N–H and O–H groups in total. The number of amides is 2. The Kier molecular flexibility index (Phi) is 7.22. The number of rotatable bonds is 5. The molecule has 1 aliphatic rings. The lowest BCUT2D eigenvalue weighted by Crippen LogP contribution is -2.35. The largest absolute Gasteiger partial charge is 0.379 e. The van der Waals surface area contributed by atoms with E-state index in [0.717, 1.165) is 71.8 Å². The summed E-state index contributed by atoms with van der Waals surface area (Å²) in [6, 6.07) is 24.1. The third kappa shape index (κ3) is 5.98. The SMILES string of the molecule is CC(C)(C)c1cccc(NC(=O)Nc2ccc(-c3ccc(CN4CCOCC4)nc3)c3ccccc23)c1. The van der Waals surface area contributed by atoms with E-state index in [1.165, 1.54) is 5.56 Å². The van der Waals surface area contributed by atoms with Gasteiger partial charge in [-0.15, -0.1) is 0 Å². The minimum absolute atomic E-state index is 0.00969. The molecule has 4 aromatic rings. The van der Waals surface area contributed by atoms with Gasteiger partial charge in [0.15, 0.2) is 0 Å². The Morgan fingerprint density at radius 1 is 0.919 bits per heavy atom. The molecule has 1 saturated heterocycles. The van der Waals surface area contributed by atoms with Crippen molar-refractivity contribution in [1.29, 1.82) is 0 Å².